The summed E-state index contributed by atoms with van der Waals surface area (Å²) in [5.41, 5.74) is 6.80. The molecule has 1 heterocycles. The number of aryl methyl sites for hydroxylation is 1. The van der Waals surface area contributed by atoms with Crippen molar-refractivity contribution in [2.75, 3.05) is 12.0 Å². The molecule has 0 aliphatic heterocycles. The summed E-state index contributed by atoms with van der Waals surface area (Å²) in [6.45, 7) is 0. The molecule has 68 valence electrons. The number of thioether (sulfide) groups is 1. The number of rotatable bonds is 4. The Bertz CT molecular complexity index is 235. The van der Waals surface area contributed by atoms with E-state index < -0.39 is 0 Å². The van der Waals surface area contributed by atoms with Crippen molar-refractivity contribution >= 4 is 11.8 Å². The van der Waals surface area contributed by atoms with Crippen molar-refractivity contribution in [1.82, 2.24) is 15.0 Å². The van der Waals surface area contributed by atoms with Gasteiger partial charge in [-0.15, -0.1) is 5.10 Å². The van der Waals surface area contributed by atoms with Gasteiger partial charge in [0.15, 0.2) is 0 Å². The van der Waals surface area contributed by atoms with E-state index in [-0.39, 0.29) is 6.04 Å². The van der Waals surface area contributed by atoms with Gasteiger partial charge in [0.2, 0.25) is 0 Å². The first-order valence-corrected chi connectivity index (χ1v) is 5.21. The van der Waals surface area contributed by atoms with Gasteiger partial charge in [-0.05, 0) is 6.26 Å². The molecule has 0 saturated heterocycles. The lowest BCUT2D eigenvalue weighted by atomic mass is 10.2. The summed E-state index contributed by atoms with van der Waals surface area (Å²) in [5.74, 6) is 0.969. The zero-order chi connectivity index (χ0) is 8.97. The number of nitrogens with zero attached hydrogens (tertiary/aromatic N) is 3. The van der Waals surface area contributed by atoms with Gasteiger partial charge >= 0.3 is 0 Å². The molecule has 0 fully saturated rings. The Labute approximate surface area is 76.5 Å². The van der Waals surface area contributed by atoms with E-state index in [4.69, 9.17) is 5.73 Å². The van der Waals surface area contributed by atoms with Crippen LogP contribution in [0.15, 0.2) is 6.20 Å². The fourth-order valence-corrected chi connectivity index (χ4v) is 1.58. The van der Waals surface area contributed by atoms with Gasteiger partial charge in [0.25, 0.3) is 0 Å². The molecule has 0 aromatic carbocycles. The topological polar surface area (TPSA) is 56.7 Å². The van der Waals surface area contributed by atoms with Crippen molar-refractivity contribution in [2.24, 2.45) is 12.8 Å². The van der Waals surface area contributed by atoms with E-state index in [1.54, 1.807) is 16.4 Å². The number of hydrogen-bond acceptors (Lipinski definition) is 4. The number of nitrogens with two attached hydrogens (primary N) is 1. The Hall–Kier alpha value is -0.550. The maximum absolute atomic E-state index is 5.83. The second kappa shape index (κ2) is 4.47. The molecule has 1 unspecified atom stereocenters. The van der Waals surface area contributed by atoms with Gasteiger partial charge in [-0.1, -0.05) is 5.21 Å². The van der Waals surface area contributed by atoms with Crippen LogP contribution < -0.4 is 5.73 Å². The number of aromatic nitrogens is 3. The lowest BCUT2D eigenvalue weighted by molar-refractivity contribution is 0.704. The van der Waals surface area contributed by atoms with Gasteiger partial charge in [0.05, 0.1) is 5.69 Å². The normalized spacial score (nSPS) is 13.2. The Morgan fingerprint density at radius 2 is 2.50 bits per heavy atom. The van der Waals surface area contributed by atoms with Crippen molar-refractivity contribution in [3.8, 4) is 0 Å². The molecular weight excluding hydrogens is 172 g/mol. The smallest absolute Gasteiger partial charge is 0.0842 e. The summed E-state index contributed by atoms with van der Waals surface area (Å²) in [5, 5.41) is 7.80. The molecule has 1 atom stereocenters. The van der Waals surface area contributed by atoms with E-state index >= 15 is 0 Å². The Kier molecular flexibility index (Phi) is 3.55. The van der Waals surface area contributed by atoms with Crippen LogP contribution in [0.4, 0.5) is 0 Å². The monoisotopic (exact) mass is 186 g/mol. The summed E-state index contributed by atoms with van der Waals surface area (Å²) in [4.78, 5) is 0. The minimum absolute atomic E-state index is 0.191. The summed E-state index contributed by atoms with van der Waals surface area (Å²) >= 11 is 1.76. The zero-order valence-electron chi connectivity index (χ0n) is 7.40. The quantitative estimate of drug-likeness (QED) is 0.722. The van der Waals surface area contributed by atoms with Gasteiger partial charge in [0.1, 0.15) is 0 Å². The van der Waals surface area contributed by atoms with Crippen LogP contribution in [-0.2, 0) is 13.5 Å². The number of hydrogen-bond donors (Lipinski definition) is 1. The predicted octanol–water partition coefficient (Wildman–Crippen LogP) is 0.0479. The first-order chi connectivity index (χ1) is 5.72. The van der Waals surface area contributed by atoms with E-state index in [9.17, 15) is 0 Å². The molecule has 0 amide bonds. The molecule has 4 nitrogen and oxygen atoms in total. The summed E-state index contributed by atoms with van der Waals surface area (Å²) in [7, 11) is 1.86. The van der Waals surface area contributed by atoms with Crippen LogP contribution in [0.3, 0.4) is 0 Å². The van der Waals surface area contributed by atoms with Crippen LogP contribution in [0.1, 0.15) is 5.69 Å². The zero-order valence-corrected chi connectivity index (χ0v) is 8.21. The van der Waals surface area contributed by atoms with E-state index in [0.717, 1.165) is 17.9 Å². The molecule has 1 aromatic rings. The third-order valence-corrected chi connectivity index (χ3v) is 2.26. The molecule has 1 rings (SSSR count). The van der Waals surface area contributed by atoms with Crippen LogP contribution >= 0.6 is 11.8 Å². The molecule has 0 bridgehead atoms. The minimum Gasteiger partial charge on any atom is -0.327 e. The first kappa shape index (κ1) is 9.54. The molecule has 0 aliphatic carbocycles. The van der Waals surface area contributed by atoms with Gasteiger partial charge in [-0.3, -0.25) is 4.68 Å². The lowest BCUT2D eigenvalue weighted by Gasteiger charge is -2.05. The standard InChI is InChI=1S/C7H14N4S/c1-11-4-7(9-10-11)3-6(8)5-12-2/h4,6H,3,5,8H2,1-2H3. The van der Waals surface area contributed by atoms with E-state index in [0.29, 0.717) is 0 Å². The highest BCUT2D eigenvalue weighted by molar-refractivity contribution is 7.98. The molecule has 12 heavy (non-hydrogen) atoms. The van der Waals surface area contributed by atoms with E-state index in [1.807, 2.05) is 13.2 Å². The Balaban J connectivity index is 2.41. The fourth-order valence-electron chi connectivity index (χ4n) is 1.03. The van der Waals surface area contributed by atoms with Crippen LogP contribution in [-0.4, -0.2) is 33.0 Å². The van der Waals surface area contributed by atoms with Crippen LogP contribution in [0.5, 0.6) is 0 Å². The van der Waals surface area contributed by atoms with Crippen molar-refractivity contribution < 1.29 is 0 Å². The average Bonchev–Trinajstić information content (AvgIpc) is 2.36. The second-order valence-electron chi connectivity index (χ2n) is 2.80. The third-order valence-electron chi connectivity index (χ3n) is 1.50. The lowest BCUT2D eigenvalue weighted by Crippen LogP contribution is -2.25. The van der Waals surface area contributed by atoms with Crippen molar-refractivity contribution in [3.63, 3.8) is 0 Å². The second-order valence-corrected chi connectivity index (χ2v) is 3.71. The Morgan fingerprint density at radius 3 is 3.00 bits per heavy atom. The average molecular weight is 186 g/mol. The van der Waals surface area contributed by atoms with Gasteiger partial charge in [-0.25, -0.2) is 0 Å². The molecule has 0 aliphatic rings. The minimum atomic E-state index is 0.191. The van der Waals surface area contributed by atoms with Crippen molar-refractivity contribution in [2.45, 2.75) is 12.5 Å². The molecule has 0 radical (unpaired) electrons. The molecule has 2 N–H and O–H groups in total. The third kappa shape index (κ3) is 2.83. The van der Waals surface area contributed by atoms with E-state index in [1.165, 1.54) is 0 Å². The van der Waals surface area contributed by atoms with Crippen LogP contribution in [0, 0.1) is 0 Å². The molecular formula is C7H14N4S. The van der Waals surface area contributed by atoms with Crippen LogP contribution in [0.25, 0.3) is 0 Å². The first-order valence-electron chi connectivity index (χ1n) is 3.82. The highest BCUT2D eigenvalue weighted by atomic mass is 32.2. The van der Waals surface area contributed by atoms with Gasteiger partial charge < -0.3 is 5.73 Å². The van der Waals surface area contributed by atoms with Crippen molar-refractivity contribution in [3.05, 3.63) is 11.9 Å². The maximum Gasteiger partial charge on any atom is 0.0842 e. The summed E-state index contributed by atoms with van der Waals surface area (Å²) < 4.78 is 1.70. The largest absolute Gasteiger partial charge is 0.327 e. The van der Waals surface area contributed by atoms with E-state index in [2.05, 4.69) is 16.6 Å². The van der Waals surface area contributed by atoms with Gasteiger partial charge in [-0.2, -0.15) is 11.8 Å². The maximum atomic E-state index is 5.83. The highest BCUT2D eigenvalue weighted by Gasteiger charge is 2.05. The SMILES string of the molecule is CSCC(N)Cc1cn(C)nn1. The molecule has 0 saturated carbocycles. The predicted molar refractivity (Wildman–Crippen MR) is 51.1 cm³/mol. The van der Waals surface area contributed by atoms with Gasteiger partial charge in [0, 0.05) is 31.5 Å². The molecule has 1 aromatic heterocycles. The summed E-state index contributed by atoms with van der Waals surface area (Å²) in [6.07, 6.45) is 4.77. The fraction of sp³-hybridized carbons (Fsp3) is 0.714. The summed E-state index contributed by atoms with van der Waals surface area (Å²) in [6, 6.07) is 0.191. The van der Waals surface area contributed by atoms with Crippen molar-refractivity contribution in [1.29, 1.82) is 0 Å². The van der Waals surface area contributed by atoms with Crippen LogP contribution in [0.2, 0.25) is 0 Å². The molecule has 0 spiro atoms. The molecule has 5 heteroatoms. The highest BCUT2D eigenvalue weighted by Crippen LogP contribution is 2.01. The Morgan fingerprint density at radius 1 is 1.75 bits per heavy atom.